The zero-order valence-corrected chi connectivity index (χ0v) is 34.1. The molecule has 0 bridgehead atoms. The SMILES string of the molecule is C1=CCC=CC([Si](c2ccccc2)(c2ccc(-n3c4ccccc4c4ccccc43)cc2)c2ccc(-n3c4ccccc4c4cc5c(cc43)sc3ccccc35)cc2)=C1. The van der Waals surface area contributed by atoms with Crippen molar-refractivity contribution in [2.45, 2.75) is 6.42 Å². The largest absolute Gasteiger partial charge is 0.309 e. The predicted octanol–water partition coefficient (Wildman–Crippen LogP) is 12.7. The van der Waals surface area contributed by atoms with Crippen molar-refractivity contribution in [1.29, 1.82) is 0 Å². The Kier molecular flexibility index (Phi) is 7.84. The van der Waals surface area contributed by atoms with Gasteiger partial charge in [-0.05, 0) is 87.8 Å². The maximum atomic E-state index is 2.47. The molecule has 3 heterocycles. The van der Waals surface area contributed by atoms with Gasteiger partial charge in [-0.1, -0.05) is 158 Å². The van der Waals surface area contributed by atoms with Crippen LogP contribution in [0.1, 0.15) is 6.42 Å². The zero-order chi connectivity index (χ0) is 38.9. The first-order chi connectivity index (χ1) is 29.3. The fourth-order valence-corrected chi connectivity index (χ4v) is 15.8. The van der Waals surface area contributed by atoms with E-state index in [4.69, 9.17) is 0 Å². The number of allylic oxidation sites excluding steroid dienone is 6. The second-order valence-electron chi connectivity index (χ2n) is 15.6. The monoisotopic (exact) mass is 786 g/mol. The Hall–Kier alpha value is -6.98. The van der Waals surface area contributed by atoms with Crippen LogP contribution in [0.2, 0.25) is 0 Å². The van der Waals surface area contributed by atoms with E-state index in [1.807, 2.05) is 11.3 Å². The van der Waals surface area contributed by atoms with Gasteiger partial charge in [0.2, 0.25) is 0 Å². The van der Waals surface area contributed by atoms with Gasteiger partial charge < -0.3 is 9.13 Å². The number of para-hydroxylation sites is 3. The average molecular weight is 787 g/mol. The lowest BCUT2D eigenvalue weighted by atomic mass is 10.1. The highest BCUT2D eigenvalue weighted by molar-refractivity contribution is 7.25. The number of hydrogen-bond donors (Lipinski definition) is 0. The van der Waals surface area contributed by atoms with Crippen LogP contribution in [0.3, 0.4) is 0 Å². The van der Waals surface area contributed by atoms with E-state index in [1.54, 1.807) is 0 Å². The van der Waals surface area contributed by atoms with Crippen molar-refractivity contribution >= 4 is 98.8 Å². The molecule has 1 aliphatic rings. The fourth-order valence-electron chi connectivity index (χ4n) is 9.90. The van der Waals surface area contributed by atoms with Crippen molar-refractivity contribution in [2.24, 2.45) is 0 Å². The number of aromatic nitrogens is 2. The molecule has 12 rings (SSSR count). The van der Waals surface area contributed by atoms with Gasteiger partial charge in [-0.3, -0.25) is 0 Å². The molecule has 0 saturated carbocycles. The summed E-state index contributed by atoms with van der Waals surface area (Å²) in [6.45, 7) is 0. The normalized spacial score (nSPS) is 14.1. The van der Waals surface area contributed by atoms with E-state index in [0.717, 1.165) is 6.42 Å². The van der Waals surface area contributed by atoms with E-state index in [2.05, 4.69) is 228 Å². The highest BCUT2D eigenvalue weighted by Gasteiger charge is 2.42. The molecule has 278 valence electrons. The van der Waals surface area contributed by atoms with Gasteiger partial charge in [-0.25, -0.2) is 0 Å². The lowest BCUT2D eigenvalue weighted by Gasteiger charge is -2.35. The van der Waals surface area contributed by atoms with E-state index < -0.39 is 8.07 Å². The van der Waals surface area contributed by atoms with E-state index in [0.29, 0.717) is 0 Å². The number of fused-ring (bicyclic) bond motifs is 9. The Balaban J connectivity index is 1.07. The molecule has 4 heteroatoms. The molecule has 1 unspecified atom stereocenters. The lowest BCUT2D eigenvalue weighted by molar-refractivity contribution is 1.18. The lowest BCUT2D eigenvalue weighted by Crippen LogP contribution is -2.68. The van der Waals surface area contributed by atoms with Crippen molar-refractivity contribution in [2.75, 3.05) is 0 Å². The number of benzene rings is 8. The summed E-state index contributed by atoms with van der Waals surface area (Å²) in [6.07, 6.45) is 12.5. The number of thiophene rings is 1. The number of rotatable bonds is 6. The molecule has 0 fully saturated rings. The highest BCUT2D eigenvalue weighted by Crippen LogP contribution is 2.40. The van der Waals surface area contributed by atoms with Gasteiger partial charge in [0.1, 0.15) is 0 Å². The first-order valence-corrected chi connectivity index (χ1v) is 23.2. The van der Waals surface area contributed by atoms with Gasteiger partial charge in [0.15, 0.2) is 8.07 Å². The summed E-state index contributed by atoms with van der Waals surface area (Å²) in [4.78, 5) is 0. The summed E-state index contributed by atoms with van der Waals surface area (Å²) in [5, 5.41) is 13.2. The third-order valence-corrected chi connectivity index (χ3v) is 18.4. The molecule has 2 nitrogen and oxygen atoms in total. The van der Waals surface area contributed by atoms with Gasteiger partial charge in [0.05, 0.1) is 22.1 Å². The Morgan fingerprint density at radius 1 is 0.390 bits per heavy atom. The minimum absolute atomic E-state index is 0.922. The summed E-state index contributed by atoms with van der Waals surface area (Å²) in [5.74, 6) is 0. The van der Waals surface area contributed by atoms with Crippen molar-refractivity contribution in [1.82, 2.24) is 9.13 Å². The smallest absolute Gasteiger partial charge is 0.179 e. The van der Waals surface area contributed by atoms with Crippen LogP contribution >= 0.6 is 11.3 Å². The molecule has 3 aromatic heterocycles. The van der Waals surface area contributed by atoms with Crippen LogP contribution in [-0.4, -0.2) is 17.2 Å². The average Bonchev–Trinajstić information content (AvgIpc) is 3.85. The Morgan fingerprint density at radius 2 is 0.898 bits per heavy atom. The number of hydrogen-bond acceptors (Lipinski definition) is 1. The third-order valence-electron chi connectivity index (χ3n) is 12.5. The van der Waals surface area contributed by atoms with Crippen molar-refractivity contribution in [3.63, 3.8) is 0 Å². The molecule has 0 radical (unpaired) electrons. The molecule has 0 saturated heterocycles. The summed E-state index contributed by atoms with van der Waals surface area (Å²) < 4.78 is 7.54. The maximum absolute atomic E-state index is 2.83. The summed E-state index contributed by atoms with van der Waals surface area (Å²) in [6, 6.07) is 70.4. The van der Waals surface area contributed by atoms with E-state index >= 15 is 0 Å². The van der Waals surface area contributed by atoms with E-state index in [1.165, 1.54) is 95.9 Å². The van der Waals surface area contributed by atoms with Crippen molar-refractivity contribution in [3.05, 3.63) is 224 Å². The second kappa shape index (κ2) is 13.6. The van der Waals surface area contributed by atoms with Crippen LogP contribution in [0, 0.1) is 0 Å². The van der Waals surface area contributed by atoms with Crippen LogP contribution in [0.5, 0.6) is 0 Å². The summed E-state index contributed by atoms with van der Waals surface area (Å²) in [5.41, 5.74) is 7.25. The van der Waals surface area contributed by atoms with E-state index in [9.17, 15) is 0 Å². The van der Waals surface area contributed by atoms with Gasteiger partial charge >= 0.3 is 0 Å². The number of nitrogens with zero attached hydrogens (tertiary/aromatic N) is 2. The molecule has 1 aliphatic carbocycles. The third kappa shape index (κ3) is 5.17. The summed E-state index contributed by atoms with van der Waals surface area (Å²) >= 11 is 1.88. The second-order valence-corrected chi connectivity index (χ2v) is 20.5. The van der Waals surface area contributed by atoms with Gasteiger partial charge in [0, 0.05) is 53.1 Å². The molecule has 0 amide bonds. The van der Waals surface area contributed by atoms with E-state index in [-0.39, 0.29) is 0 Å². The van der Waals surface area contributed by atoms with Crippen LogP contribution in [-0.2, 0) is 0 Å². The predicted molar refractivity (Wildman–Crippen MR) is 257 cm³/mol. The minimum Gasteiger partial charge on any atom is -0.309 e. The van der Waals surface area contributed by atoms with Gasteiger partial charge in [-0.2, -0.15) is 0 Å². The molecule has 11 aromatic rings. The fraction of sp³-hybridized carbons (Fsp3) is 0.0182. The Labute approximate surface area is 347 Å². The summed E-state index contributed by atoms with van der Waals surface area (Å²) in [7, 11) is -2.83. The van der Waals surface area contributed by atoms with Crippen molar-refractivity contribution < 1.29 is 0 Å². The molecule has 0 N–H and O–H groups in total. The quantitative estimate of drug-likeness (QED) is 0.117. The van der Waals surface area contributed by atoms with Crippen LogP contribution in [0.25, 0.3) is 75.2 Å². The molecule has 1 atom stereocenters. The zero-order valence-electron chi connectivity index (χ0n) is 32.3. The molecular weight excluding hydrogens is 749 g/mol. The maximum Gasteiger partial charge on any atom is 0.179 e. The molecule has 59 heavy (non-hydrogen) atoms. The molecule has 8 aromatic carbocycles. The first-order valence-electron chi connectivity index (χ1n) is 20.4. The van der Waals surface area contributed by atoms with Gasteiger partial charge in [-0.15, -0.1) is 11.3 Å². The van der Waals surface area contributed by atoms with Crippen LogP contribution < -0.4 is 15.6 Å². The highest BCUT2D eigenvalue weighted by atomic mass is 32.1. The molecule has 0 spiro atoms. The first kappa shape index (κ1) is 34.1. The minimum atomic E-state index is -2.83. The molecule has 0 aliphatic heterocycles. The van der Waals surface area contributed by atoms with Gasteiger partial charge in [0.25, 0.3) is 0 Å². The van der Waals surface area contributed by atoms with Crippen LogP contribution in [0.15, 0.2) is 224 Å². The standard InChI is InChI=1S/C55H38N2SSi/c1-2-5-17-40(16-4-1)59(41-18-6-3-7-19-41,42-32-28-38(29-33-42)56-50-24-12-8-20-44(50)45-21-9-13-25-51(45)56)43-34-30-39(31-35-43)57-52-26-14-10-22-46(52)48-36-49-47-23-11-15-27-54(47)58-55(49)37-53(48)57/h1,3-37H,2H2. The van der Waals surface area contributed by atoms with Crippen LogP contribution in [0.4, 0.5) is 0 Å². The van der Waals surface area contributed by atoms with Crippen molar-refractivity contribution in [3.8, 4) is 11.4 Å². The topological polar surface area (TPSA) is 9.86 Å². The Morgan fingerprint density at radius 3 is 1.53 bits per heavy atom. The molecular formula is C55H38N2SSi. The Bertz CT molecular complexity index is 3450.